The Labute approximate surface area is 141 Å². The molecule has 0 radical (unpaired) electrons. The summed E-state index contributed by atoms with van der Waals surface area (Å²) in [7, 11) is 3.11. The van der Waals surface area contributed by atoms with Crippen molar-refractivity contribution in [3.8, 4) is 11.5 Å². The highest BCUT2D eigenvalue weighted by Crippen LogP contribution is 2.30. The number of carbonyl (C=O) groups is 1. The summed E-state index contributed by atoms with van der Waals surface area (Å²) in [5.74, 6) is 2.40. The van der Waals surface area contributed by atoms with Gasteiger partial charge in [-0.15, -0.1) is 10.2 Å². The third-order valence-electron chi connectivity index (χ3n) is 2.69. The first kappa shape index (κ1) is 17.1. The lowest BCUT2D eigenvalue weighted by Crippen LogP contribution is -2.05. The fourth-order valence-corrected chi connectivity index (χ4v) is 4.47. The molecule has 0 unspecified atom stereocenters. The fraction of sp³-hybridized carbons (Fsp3) is 0.357. The number of methoxy groups -OCH3 is 2. The molecule has 22 heavy (non-hydrogen) atoms. The minimum Gasteiger partial charge on any atom is -0.497 e. The minimum atomic E-state index is -0.0272. The molecule has 0 atom stereocenters. The van der Waals surface area contributed by atoms with Crippen molar-refractivity contribution < 1.29 is 14.3 Å². The largest absolute Gasteiger partial charge is 0.497 e. The van der Waals surface area contributed by atoms with E-state index in [9.17, 15) is 4.79 Å². The molecule has 2 rings (SSSR count). The monoisotopic (exact) mass is 356 g/mol. The van der Waals surface area contributed by atoms with Crippen molar-refractivity contribution in [2.45, 2.75) is 15.6 Å². The Kier molecular flexibility index (Phi) is 6.53. The van der Waals surface area contributed by atoms with E-state index in [0.29, 0.717) is 17.1 Å². The first-order valence-corrected chi connectivity index (χ1v) is 9.31. The molecule has 118 valence electrons. The zero-order chi connectivity index (χ0) is 15.9. The van der Waals surface area contributed by atoms with Crippen molar-refractivity contribution in [2.75, 3.05) is 25.7 Å². The van der Waals surface area contributed by atoms with E-state index >= 15 is 0 Å². The number of carbonyl (C=O) groups excluding carboxylic acids is 1. The van der Waals surface area contributed by atoms with Gasteiger partial charge in [0.15, 0.2) is 14.5 Å². The van der Waals surface area contributed by atoms with E-state index in [2.05, 4.69) is 17.1 Å². The van der Waals surface area contributed by atoms with Crippen LogP contribution in [0.1, 0.15) is 17.3 Å². The van der Waals surface area contributed by atoms with Gasteiger partial charge in [0.05, 0.1) is 25.5 Å². The second kappa shape index (κ2) is 8.40. The number of benzene rings is 1. The highest BCUT2D eigenvalue weighted by Gasteiger charge is 2.15. The van der Waals surface area contributed by atoms with Gasteiger partial charge in [0.1, 0.15) is 11.5 Å². The number of ketones is 1. The maximum Gasteiger partial charge on any atom is 0.177 e. The number of hydrogen-bond donors (Lipinski definition) is 0. The number of ether oxygens (including phenoxy) is 2. The van der Waals surface area contributed by atoms with Gasteiger partial charge in [-0.25, -0.2) is 0 Å². The van der Waals surface area contributed by atoms with Crippen LogP contribution in [0.15, 0.2) is 26.9 Å². The molecule has 0 bridgehead atoms. The molecule has 0 aliphatic rings. The first-order chi connectivity index (χ1) is 10.7. The van der Waals surface area contributed by atoms with E-state index in [1.807, 2.05) is 0 Å². The molecule has 1 aromatic heterocycles. The molecule has 1 heterocycles. The Hall–Kier alpha value is -1.25. The molecule has 0 N–H and O–H groups in total. The summed E-state index contributed by atoms with van der Waals surface area (Å²) < 4.78 is 12.1. The minimum absolute atomic E-state index is 0.0272. The van der Waals surface area contributed by atoms with Crippen molar-refractivity contribution in [1.29, 1.82) is 0 Å². The number of aromatic nitrogens is 2. The van der Waals surface area contributed by atoms with Crippen molar-refractivity contribution in [3.05, 3.63) is 23.8 Å². The van der Waals surface area contributed by atoms with Crippen LogP contribution in [0.3, 0.4) is 0 Å². The summed E-state index contributed by atoms with van der Waals surface area (Å²) in [6.07, 6.45) is 0. The molecule has 5 nitrogen and oxygen atoms in total. The van der Waals surface area contributed by atoms with E-state index in [4.69, 9.17) is 9.47 Å². The van der Waals surface area contributed by atoms with Crippen LogP contribution >= 0.6 is 34.9 Å². The van der Waals surface area contributed by atoms with Gasteiger partial charge >= 0.3 is 0 Å². The van der Waals surface area contributed by atoms with Gasteiger partial charge < -0.3 is 9.47 Å². The molecule has 0 saturated carbocycles. The van der Waals surface area contributed by atoms with Crippen LogP contribution in [-0.4, -0.2) is 41.7 Å². The Morgan fingerprint density at radius 3 is 2.55 bits per heavy atom. The fourth-order valence-electron chi connectivity index (χ4n) is 1.67. The maximum atomic E-state index is 12.4. The molecule has 0 spiro atoms. The SMILES string of the molecule is CCSc1nnc(SCC(=O)c2cc(OC)ccc2OC)s1. The Morgan fingerprint density at radius 2 is 1.91 bits per heavy atom. The van der Waals surface area contributed by atoms with Gasteiger partial charge in [0, 0.05) is 0 Å². The summed E-state index contributed by atoms with van der Waals surface area (Å²) in [5.41, 5.74) is 0.516. The van der Waals surface area contributed by atoms with E-state index in [1.165, 1.54) is 23.1 Å². The van der Waals surface area contributed by atoms with Crippen LogP contribution in [0.5, 0.6) is 11.5 Å². The average molecular weight is 356 g/mol. The topological polar surface area (TPSA) is 61.3 Å². The van der Waals surface area contributed by atoms with E-state index in [0.717, 1.165) is 14.4 Å². The molecule has 0 aliphatic heterocycles. The molecular formula is C14H16N2O3S3. The molecule has 0 amide bonds. The predicted molar refractivity (Wildman–Crippen MR) is 90.9 cm³/mol. The van der Waals surface area contributed by atoms with Crippen LogP contribution in [0.2, 0.25) is 0 Å². The lowest BCUT2D eigenvalue weighted by molar-refractivity contribution is 0.101. The van der Waals surface area contributed by atoms with Crippen molar-refractivity contribution in [1.82, 2.24) is 10.2 Å². The van der Waals surface area contributed by atoms with Crippen molar-refractivity contribution in [2.24, 2.45) is 0 Å². The Bertz CT molecular complexity index is 646. The number of hydrogen-bond acceptors (Lipinski definition) is 8. The highest BCUT2D eigenvalue weighted by atomic mass is 32.2. The van der Waals surface area contributed by atoms with Gasteiger partial charge in [0.2, 0.25) is 0 Å². The number of thioether (sulfide) groups is 2. The van der Waals surface area contributed by atoms with Gasteiger partial charge in [-0.1, -0.05) is 41.8 Å². The maximum absolute atomic E-state index is 12.4. The van der Waals surface area contributed by atoms with Crippen LogP contribution < -0.4 is 9.47 Å². The van der Waals surface area contributed by atoms with E-state index in [1.54, 1.807) is 44.2 Å². The number of nitrogens with zero attached hydrogens (tertiary/aromatic N) is 2. The number of rotatable bonds is 8. The van der Waals surface area contributed by atoms with Crippen molar-refractivity contribution >= 4 is 40.6 Å². The number of Topliss-reactive ketones (excluding diaryl/α,β-unsaturated/α-hetero) is 1. The molecule has 0 saturated heterocycles. The lowest BCUT2D eigenvalue weighted by Gasteiger charge is -2.09. The summed E-state index contributed by atoms with van der Waals surface area (Å²) in [4.78, 5) is 12.4. The first-order valence-electron chi connectivity index (χ1n) is 6.52. The van der Waals surface area contributed by atoms with Gasteiger partial charge in [-0.2, -0.15) is 0 Å². The molecule has 8 heteroatoms. The highest BCUT2D eigenvalue weighted by molar-refractivity contribution is 8.03. The Balaban J connectivity index is 2.04. The third-order valence-corrected chi connectivity index (χ3v) is 5.76. The third kappa shape index (κ3) is 4.37. The normalized spacial score (nSPS) is 10.5. The Morgan fingerprint density at radius 1 is 1.18 bits per heavy atom. The standard InChI is InChI=1S/C14H16N2O3S3/c1-4-20-13-15-16-14(22-13)21-8-11(17)10-7-9(18-2)5-6-12(10)19-3/h5-7H,4,8H2,1-3H3. The predicted octanol–water partition coefficient (Wildman–Crippen LogP) is 3.64. The van der Waals surface area contributed by atoms with E-state index in [-0.39, 0.29) is 11.5 Å². The van der Waals surface area contributed by atoms with E-state index < -0.39 is 0 Å². The second-order valence-electron chi connectivity index (χ2n) is 4.04. The average Bonchev–Trinajstić information content (AvgIpc) is 3.00. The van der Waals surface area contributed by atoms with Crippen LogP contribution in [0.4, 0.5) is 0 Å². The van der Waals surface area contributed by atoms with Crippen LogP contribution in [0, 0.1) is 0 Å². The van der Waals surface area contributed by atoms with Crippen molar-refractivity contribution in [3.63, 3.8) is 0 Å². The molecule has 2 aromatic rings. The summed E-state index contributed by atoms with van der Waals surface area (Å²) >= 11 is 4.54. The summed E-state index contributed by atoms with van der Waals surface area (Å²) in [6, 6.07) is 5.19. The van der Waals surface area contributed by atoms with Gasteiger partial charge in [0.25, 0.3) is 0 Å². The molecule has 0 aliphatic carbocycles. The summed E-state index contributed by atoms with van der Waals surface area (Å²) in [6.45, 7) is 2.07. The zero-order valence-electron chi connectivity index (χ0n) is 12.5. The molecule has 1 aromatic carbocycles. The zero-order valence-corrected chi connectivity index (χ0v) is 14.9. The second-order valence-corrected chi connectivity index (χ2v) is 7.76. The van der Waals surface area contributed by atoms with Crippen LogP contribution in [-0.2, 0) is 0 Å². The van der Waals surface area contributed by atoms with Gasteiger partial charge in [-0.3, -0.25) is 4.79 Å². The molecular weight excluding hydrogens is 340 g/mol. The van der Waals surface area contributed by atoms with Crippen LogP contribution in [0.25, 0.3) is 0 Å². The molecule has 0 fully saturated rings. The quantitative estimate of drug-likeness (QED) is 0.528. The smallest absolute Gasteiger partial charge is 0.177 e. The summed E-state index contributed by atoms with van der Waals surface area (Å²) in [5, 5.41) is 8.15. The lowest BCUT2D eigenvalue weighted by atomic mass is 10.1. The van der Waals surface area contributed by atoms with Gasteiger partial charge in [-0.05, 0) is 24.0 Å².